The number of aryl methyl sites for hydroxylation is 2. The normalized spacial score (nSPS) is 14.4. The quantitative estimate of drug-likeness (QED) is 0.225. The van der Waals surface area contributed by atoms with Crippen molar-refractivity contribution in [3.05, 3.63) is 126 Å². The van der Waals surface area contributed by atoms with Crippen LogP contribution < -0.4 is 0 Å². The number of aromatic hydroxyl groups is 1. The number of benzene rings is 5. The van der Waals surface area contributed by atoms with E-state index in [1.165, 1.54) is 23.8 Å². The summed E-state index contributed by atoms with van der Waals surface area (Å²) in [6.45, 7) is 1.48. The van der Waals surface area contributed by atoms with E-state index in [1.54, 1.807) is 36.5 Å². The van der Waals surface area contributed by atoms with E-state index >= 15 is 0 Å². The van der Waals surface area contributed by atoms with Gasteiger partial charge in [-0.2, -0.15) is 0 Å². The van der Waals surface area contributed by atoms with Gasteiger partial charge < -0.3 is 9.52 Å². The van der Waals surface area contributed by atoms with Crippen LogP contribution in [0.5, 0.6) is 5.75 Å². The minimum atomic E-state index is -2.53. The molecule has 1 N–H and O–H groups in total. The average molecular weight is 581 g/mol. The Balaban J connectivity index is 1.49. The van der Waals surface area contributed by atoms with E-state index in [0.29, 0.717) is 33.4 Å². The van der Waals surface area contributed by atoms with Crippen LogP contribution in [-0.2, 0) is 5.41 Å². The molecule has 0 bridgehead atoms. The molecule has 0 radical (unpaired) electrons. The van der Waals surface area contributed by atoms with Gasteiger partial charge in [-0.15, -0.1) is 0 Å². The molecule has 44 heavy (non-hydrogen) atoms. The molecule has 4 heteroatoms. The standard InChI is InChI=1S/C40H34N2O2/c1-24-16-25(2)18-29(17-24)30-21-33(38-36(22-30)44-39(42-38)32-13-6-7-14-35(32)43)26-10-8-11-27(19-26)34-23-31(40(3,4)5)20-28-12-9-15-41-37(28)34/h6-23,43H,1-5H3/i1D3,2D3. The summed E-state index contributed by atoms with van der Waals surface area (Å²) >= 11 is 0. The highest BCUT2D eigenvalue weighted by Crippen LogP contribution is 2.40. The highest BCUT2D eigenvalue weighted by atomic mass is 16.3. The van der Waals surface area contributed by atoms with Crippen molar-refractivity contribution >= 4 is 22.0 Å². The molecular weight excluding hydrogens is 540 g/mol. The summed E-state index contributed by atoms with van der Waals surface area (Å²) in [4.78, 5) is 9.59. The third-order valence-corrected chi connectivity index (χ3v) is 7.95. The monoisotopic (exact) mass is 580 g/mol. The number of hydrogen-bond acceptors (Lipinski definition) is 4. The number of phenolic OH excluding ortho intramolecular Hbond substituents is 1. The largest absolute Gasteiger partial charge is 0.507 e. The van der Waals surface area contributed by atoms with Gasteiger partial charge in [0.15, 0.2) is 5.58 Å². The van der Waals surface area contributed by atoms with Crippen molar-refractivity contribution in [1.29, 1.82) is 0 Å². The molecule has 0 spiro atoms. The number of fused-ring (bicyclic) bond motifs is 2. The van der Waals surface area contributed by atoms with Crippen LogP contribution in [0.3, 0.4) is 0 Å². The molecule has 0 aliphatic carbocycles. The van der Waals surface area contributed by atoms with Gasteiger partial charge in [-0.1, -0.05) is 86.5 Å². The van der Waals surface area contributed by atoms with Crippen molar-refractivity contribution in [2.24, 2.45) is 0 Å². The Morgan fingerprint density at radius 3 is 2.11 bits per heavy atom. The van der Waals surface area contributed by atoms with Gasteiger partial charge in [0.05, 0.1) is 11.1 Å². The fraction of sp³-hybridized carbons (Fsp3) is 0.150. The van der Waals surface area contributed by atoms with Gasteiger partial charge in [-0.25, -0.2) is 4.98 Å². The summed E-state index contributed by atoms with van der Waals surface area (Å²) in [5, 5.41) is 11.7. The molecule has 0 aliphatic rings. The maximum atomic E-state index is 10.6. The lowest BCUT2D eigenvalue weighted by molar-refractivity contribution is 0.474. The molecule has 0 unspecified atom stereocenters. The van der Waals surface area contributed by atoms with Crippen molar-refractivity contribution in [3.63, 3.8) is 0 Å². The molecule has 0 atom stereocenters. The first-order valence-electron chi connectivity index (χ1n) is 17.5. The molecule has 216 valence electrons. The molecule has 2 aromatic heterocycles. The number of aromatic nitrogens is 2. The van der Waals surface area contributed by atoms with E-state index in [0.717, 1.165) is 27.6 Å². The number of pyridine rings is 1. The van der Waals surface area contributed by atoms with Gasteiger partial charge in [-0.3, -0.25) is 4.98 Å². The Kier molecular flexibility index (Phi) is 5.12. The first kappa shape index (κ1) is 21.5. The van der Waals surface area contributed by atoms with Gasteiger partial charge >= 0.3 is 0 Å². The van der Waals surface area contributed by atoms with Crippen LogP contribution in [0.15, 0.2) is 114 Å². The smallest absolute Gasteiger partial charge is 0.231 e. The maximum Gasteiger partial charge on any atom is 0.231 e. The van der Waals surface area contributed by atoms with Crippen molar-refractivity contribution < 1.29 is 17.7 Å². The molecule has 0 saturated carbocycles. The lowest BCUT2D eigenvalue weighted by Gasteiger charge is -2.21. The zero-order valence-electron chi connectivity index (χ0n) is 30.6. The van der Waals surface area contributed by atoms with E-state index in [1.807, 2.05) is 30.3 Å². The Morgan fingerprint density at radius 1 is 0.659 bits per heavy atom. The van der Waals surface area contributed by atoms with E-state index in [2.05, 4.69) is 45.0 Å². The maximum absolute atomic E-state index is 10.6. The van der Waals surface area contributed by atoms with Crippen LogP contribution in [0.1, 0.15) is 45.7 Å². The lowest BCUT2D eigenvalue weighted by atomic mass is 9.84. The second kappa shape index (κ2) is 10.5. The van der Waals surface area contributed by atoms with Crippen LogP contribution in [0.25, 0.3) is 66.8 Å². The van der Waals surface area contributed by atoms with Crippen molar-refractivity contribution in [1.82, 2.24) is 9.97 Å². The second-order valence-corrected chi connectivity index (χ2v) is 12.1. The minimum absolute atomic E-state index is 0.00799. The topological polar surface area (TPSA) is 59.2 Å². The molecule has 0 fully saturated rings. The number of phenols is 1. The third-order valence-electron chi connectivity index (χ3n) is 7.95. The first-order valence-corrected chi connectivity index (χ1v) is 14.5. The zero-order chi connectivity index (χ0) is 35.6. The number of rotatable bonds is 4. The molecule has 2 heterocycles. The predicted molar refractivity (Wildman–Crippen MR) is 181 cm³/mol. The Bertz CT molecular complexity index is 2390. The van der Waals surface area contributed by atoms with Crippen molar-refractivity contribution in [2.45, 2.75) is 39.9 Å². The van der Waals surface area contributed by atoms with E-state index in [-0.39, 0.29) is 28.2 Å². The van der Waals surface area contributed by atoms with Gasteiger partial charge in [-0.05, 0) is 95.5 Å². The van der Waals surface area contributed by atoms with Crippen LogP contribution in [0, 0.1) is 13.7 Å². The van der Waals surface area contributed by atoms with Gasteiger partial charge in [0, 0.05) is 30.9 Å². The lowest BCUT2D eigenvalue weighted by Crippen LogP contribution is -2.11. The molecule has 0 saturated heterocycles. The average Bonchev–Trinajstić information content (AvgIpc) is 3.50. The first-order chi connectivity index (χ1) is 23.6. The fourth-order valence-corrected chi connectivity index (χ4v) is 5.68. The third kappa shape index (κ3) is 5.03. The molecule has 5 aromatic carbocycles. The predicted octanol–water partition coefficient (Wildman–Crippen LogP) is 10.7. The SMILES string of the molecule is [2H]C([2H])([2H])c1cc(-c2cc(-c3cccc(-c4cc(C(C)(C)C)cc5cccnc45)c3)c3nc(-c4ccccc4O)oc3c2)cc(C([2H])([2H])[2H])c1. The highest BCUT2D eigenvalue weighted by Gasteiger charge is 2.20. The van der Waals surface area contributed by atoms with E-state index < -0.39 is 13.7 Å². The molecule has 4 nitrogen and oxygen atoms in total. The molecule has 0 amide bonds. The van der Waals surface area contributed by atoms with Gasteiger partial charge in [0.2, 0.25) is 5.89 Å². The molecule has 0 aliphatic heterocycles. The fourth-order valence-electron chi connectivity index (χ4n) is 5.68. The Hall–Kier alpha value is -5.22. The van der Waals surface area contributed by atoms with Crippen LogP contribution >= 0.6 is 0 Å². The van der Waals surface area contributed by atoms with Gasteiger partial charge in [0.1, 0.15) is 11.3 Å². The van der Waals surface area contributed by atoms with Crippen molar-refractivity contribution in [3.8, 4) is 50.6 Å². The van der Waals surface area contributed by atoms with Crippen LogP contribution in [0.2, 0.25) is 0 Å². The molecule has 7 rings (SSSR count). The van der Waals surface area contributed by atoms with Crippen molar-refractivity contribution in [2.75, 3.05) is 0 Å². The van der Waals surface area contributed by atoms with E-state index in [4.69, 9.17) is 22.6 Å². The highest BCUT2D eigenvalue weighted by molar-refractivity contribution is 5.99. The minimum Gasteiger partial charge on any atom is -0.507 e. The summed E-state index contributed by atoms with van der Waals surface area (Å²) in [5.41, 5.74) is 7.49. The summed E-state index contributed by atoms with van der Waals surface area (Å²) in [7, 11) is 0. The number of nitrogens with zero attached hydrogens (tertiary/aromatic N) is 2. The summed E-state index contributed by atoms with van der Waals surface area (Å²) in [6, 6.07) is 31.0. The van der Waals surface area contributed by atoms with Crippen LogP contribution in [-0.4, -0.2) is 15.1 Å². The summed E-state index contributed by atoms with van der Waals surface area (Å²) in [6.07, 6.45) is 1.79. The number of hydrogen-bond donors (Lipinski definition) is 1. The van der Waals surface area contributed by atoms with Gasteiger partial charge in [0.25, 0.3) is 0 Å². The zero-order valence-corrected chi connectivity index (χ0v) is 24.6. The Morgan fingerprint density at radius 2 is 1.39 bits per heavy atom. The summed E-state index contributed by atoms with van der Waals surface area (Å²) in [5.74, 6) is 0.216. The molecule has 7 aromatic rings. The van der Waals surface area contributed by atoms with E-state index in [9.17, 15) is 5.11 Å². The summed E-state index contributed by atoms with van der Waals surface area (Å²) < 4.78 is 54.7. The number of oxazole rings is 1. The number of para-hydroxylation sites is 1. The Labute approximate surface area is 266 Å². The molecular formula is C40H34N2O2. The van der Waals surface area contributed by atoms with Crippen LogP contribution in [0.4, 0.5) is 0 Å². The second-order valence-electron chi connectivity index (χ2n) is 12.1.